The second kappa shape index (κ2) is 9.91. The number of aromatic amines is 1. The molecule has 1 fully saturated rings. The summed E-state index contributed by atoms with van der Waals surface area (Å²) in [6, 6.07) is 11.3. The van der Waals surface area contributed by atoms with E-state index in [9.17, 15) is 9.59 Å². The summed E-state index contributed by atoms with van der Waals surface area (Å²) in [5.41, 5.74) is 2.21. The predicted molar refractivity (Wildman–Crippen MR) is 102 cm³/mol. The van der Waals surface area contributed by atoms with Crippen LogP contribution in [0.3, 0.4) is 0 Å². The molecule has 0 bridgehead atoms. The molecule has 1 aliphatic heterocycles. The number of aromatic nitrogens is 1. The van der Waals surface area contributed by atoms with Crippen LogP contribution in [0.1, 0.15) is 21.6 Å². The lowest BCUT2D eigenvalue weighted by Gasteiger charge is -2.32. The molecule has 8 nitrogen and oxygen atoms in total. The zero-order valence-corrected chi connectivity index (χ0v) is 15.8. The van der Waals surface area contributed by atoms with Crippen LogP contribution in [-0.2, 0) is 27.4 Å². The number of ether oxygens (including phenoxy) is 3. The molecular weight excluding hydrogens is 362 g/mol. The molecule has 2 aromatic rings. The maximum Gasteiger partial charge on any atom is 0.410 e. The molecule has 1 aromatic carbocycles. The fraction of sp³-hybridized carbons (Fsp3) is 0.400. The third-order valence-corrected chi connectivity index (χ3v) is 4.51. The highest BCUT2D eigenvalue weighted by atomic mass is 16.6. The minimum atomic E-state index is -0.376. The lowest BCUT2D eigenvalue weighted by atomic mass is 10.2. The first-order valence-corrected chi connectivity index (χ1v) is 9.20. The van der Waals surface area contributed by atoms with Gasteiger partial charge in [-0.3, -0.25) is 0 Å². The molecule has 0 aliphatic carbocycles. The predicted octanol–water partition coefficient (Wildman–Crippen LogP) is 1.93. The summed E-state index contributed by atoms with van der Waals surface area (Å²) < 4.78 is 15.9. The average Bonchev–Trinajstić information content (AvgIpc) is 3.21. The summed E-state index contributed by atoms with van der Waals surface area (Å²) in [6.45, 7) is 2.69. The Balaban J connectivity index is 1.43. The zero-order valence-electron chi connectivity index (χ0n) is 15.8. The molecule has 8 heteroatoms. The van der Waals surface area contributed by atoms with Gasteiger partial charge in [-0.2, -0.15) is 0 Å². The third-order valence-electron chi connectivity index (χ3n) is 4.51. The van der Waals surface area contributed by atoms with Crippen molar-refractivity contribution in [1.29, 1.82) is 0 Å². The smallest absolute Gasteiger partial charge is 0.410 e. The van der Waals surface area contributed by atoms with E-state index in [1.54, 1.807) is 17.2 Å². The number of methoxy groups -OCH3 is 1. The molecular formula is C20H25N3O5. The van der Waals surface area contributed by atoms with Gasteiger partial charge in [0.15, 0.2) is 0 Å². The number of amides is 1. The summed E-state index contributed by atoms with van der Waals surface area (Å²) in [7, 11) is 1.36. The van der Waals surface area contributed by atoms with Crippen molar-refractivity contribution in [2.75, 3.05) is 33.4 Å². The van der Waals surface area contributed by atoms with Gasteiger partial charge in [-0.25, -0.2) is 9.59 Å². The van der Waals surface area contributed by atoms with Gasteiger partial charge in [0.1, 0.15) is 6.61 Å². The van der Waals surface area contributed by atoms with E-state index in [1.165, 1.54) is 7.11 Å². The van der Waals surface area contributed by atoms with Gasteiger partial charge in [0.05, 0.1) is 31.9 Å². The first-order valence-electron chi connectivity index (χ1n) is 9.20. The number of rotatable bonds is 7. The molecule has 1 aromatic heterocycles. The van der Waals surface area contributed by atoms with E-state index in [2.05, 4.69) is 10.3 Å². The Kier molecular flexibility index (Phi) is 7.05. The van der Waals surface area contributed by atoms with Gasteiger partial charge in [0.25, 0.3) is 0 Å². The number of hydrogen-bond donors (Lipinski definition) is 2. The Morgan fingerprint density at radius 1 is 1.29 bits per heavy atom. The van der Waals surface area contributed by atoms with E-state index < -0.39 is 0 Å². The molecule has 1 amide bonds. The van der Waals surface area contributed by atoms with Crippen LogP contribution in [0.25, 0.3) is 0 Å². The molecule has 0 saturated carbocycles. The van der Waals surface area contributed by atoms with Crippen molar-refractivity contribution in [3.63, 3.8) is 0 Å². The van der Waals surface area contributed by atoms with Gasteiger partial charge < -0.3 is 29.4 Å². The molecule has 3 rings (SSSR count). The first kappa shape index (κ1) is 19.9. The molecule has 150 valence electrons. The van der Waals surface area contributed by atoms with Crippen LogP contribution in [0.2, 0.25) is 0 Å². The molecule has 1 aliphatic rings. The lowest BCUT2D eigenvalue weighted by Crippen LogP contribution is -2.49. The maximum atomic E-state index is 12.3. The van der Waals surface area contributed by atoms with Crippen molar-refractivity contribution in [3.05, 3.63) is 59.4 Å². The quantitative estimate of drug-likeness (QED) is 0.706. The lowest BCUT2D eigenvalue weighted by molar-refractivity contribution is -0.0271. The minimum Gasteiger partial charge on any atom is -0.465 e. The summed E-state index contributed by atoms with van der Waals surface area (Å²) in [5, 5.41) is 3.25. The number of nitrogens with one attached hydrogen (secondary N) is 2. The maximum absolute atomic E-state index is 12.3. The van der Waals surface area contributed by atoms with Crippen molar-refractivity contribution in [2.24, 2.45) is 0 Å². The molecule has 1 unspecified atom stereocenters. The van der Waals surface area contributed by atoms with E-state index in [-0.39, 0.29) is 24.8 Å². The Labute approximate surface area is 163 Å². The largest absolute Gasteiger partial charge is 0.465 e. The number of nitrogens with zero attached hydrogens (tertiary/aromatic N) is 1. The van der Waals surface area contributed by atoms with E-state index in [0.717, 1.165) is 11.3 Å². The van der Waals surface area contributed by atoms with Crippen molar-refractivity contribution in [1.82, 2.24) is 15.2 Å². The number of H-pyrrole nitrogens is 1. The van der Waals surface area contributed by atoms with Gasteiger partial charge >= 0.3 is 12.1 Å². The van der Waals surface area contributed by atoms with Gasteiger partial charge in [0.2, 0.25) is 0 Å². The van der Waals surface area contributed by atoms with Crippen molar-refractivity contribution in [2.45, 2.75) is 19.3 Å². The summed E-state index contributed by atoms with van der Waals surface area (Å²) in [4.78, 5) is 28.7. The van der Waals surface area contributed by atoms with Crippen LogP contribution in [-0.4, -0.2) is 61.4 Å². The van der Waals surface area contributed by atoms with Crippen molar-refractivity contribution >= 4 is 12.1 Å². The molecule has 1 saturated heterocycles. The van der Waals surface area contributed by atoms with E-state index >= 15 is 0 Å². The fourth-order valence-electron chi connectivity index (χ4n) is 3.03. The van der Waals surface area contributed by atoms with Crippen LogP contribution in [0.4, 0.5) is 4.79 Å². The summed E-state index contributed by atoms with van der Waals surface area (Å²) in [5.74, 6) is -0.376. The minimum absolute atomic E-state index is 0.144. The number of esters is 1. The Bertz CT molecular complexity index is 777. The highest BCUT2D eigenvalue weighted by molar-refractivity contribution is 5.90. The van der Waals surface area contributed by atoms with Crippen LogP contribution in [0.15, 0.2) is 42.6 Å². The monoisotopic (exact) mass is 387 g/mol. The van der Waals surface area contributed by atoms with Crippen LogP contribution < -0.4 is 5.32 Å². The number of carbonyl (C=O) groups excluding carboxylic acids is 2. The third kappa shape index (κ3) is 5.34. The molecule has 28 heavy (non-hydrogen) atoms. The topological polar surface area (TPSA) is 92.9 Å². The van der Waals surface area contributed by atoms with Gasteiger partial charge in [0, 0.05) is 31.5 Å². The molecule has 0 spiro atoms. The fourth-order valence-corrected chi connectivity index (χ4v) is 3.03. The molecule has 0 radical (unpaired) electrons. The van der Waals surface area contributed by atoms with Crippen LogP contribution in [0, 0.1) is 0 Å². The van der Waals surface area contributed by atoms with Crippen LogP contribution >= 0.6 is 0 Å². The summed E-state index contributed by atoms with van der Waals surface area (Å²) in [6.07, 6.45) is 1.22. The van der Waals surface area contributed by atoms with Gasteiger partial charge in [-0.15, -0.1) is 0 Å². The van der Waals surface area contributed by atoms with Crippen LogP contribution in [0.5, 0.6) is 0 Å². The normalized spacial score (nSPS) is 16.6. The number of hydrogen-bond acceptors (Lipinski definition) is 6. The second-order valence-electron chi connectivity index (χ2n) is 6.47. The van der Waals surface area contributed by atoms with E-state index in [1.807, 2.05) is 30.3 Å². The Morgan fingerprint density at radius 3 is 2.89 bits per heavy atom. The van der Waals surface area contributed by atoms with Crippen molar-refractivity contribution in [3.8, 4) is 0 Å². The van der Waals surface area contributed by atoms with Gasteiger partial charge in [-0.1, -0.05) is 30.3 Å². The molecule has 1 atom stereocenters. The van der Waals surface area contributed by atoms with E-state index in [4.69, 9.17) is 14.2 Å². The molecule has 2 heterocycles. The number of morpholine rings is 1. The van der Waals surface area contributed by atoms with Gasteiger partial charge in [-0.05, 0) is 11.6 Å². The number of benzene rings is 1. The standard InChI is InChI=1S/C20H25N3O5/c1-26-19(24)17-7-8-22-18(17)12-21-11-16-13-23(9-10-27-16)20(25)28-14-15-5-3-2-4-6-15/h2-8,16,21-22H,9-14H2,1H3. The average molecular weight is 387 g/mol. The zero-order chi connectivity index (χ0) is 19.8. The Hall–Kier alpha value is -2.84. The second-order valence-corrected chi connectivity index (χ2v) is 6.47. The highest BCUT2D eigenvalue weighted by Crippen LogP contribution is 2.10. The number of carbonyl (C=O) groups is 2. The highest BCUT2D eigenvalue weighted by Gasteiger charge is 2.25. The SMILES string of the molecule is COC(=O)c1cc[nH]c1CNCC1CN(C(=O)OCc2ccccc2)CCO1. The van der Waals surface area contributed by atoms with Crippen molar-refractivity contribution < 1.29 is 23.8 Å². The molecule has 2 N–H and O–H groups in total. The van der Waals surface area contributed by atoms with E-state index in [0.29, 0.717) is 38.3 Å². The Morgan fingerprint density at radius 2 is 2.11 bits per heavy atom. The summed E-state index contributed by atoms with van der Waals surface area (Å²) >= 11 is 0. The first-order chi connectivity index (χ1) is 13.7.